The Morgan fingerprint density at radius 1 is 0.632 bits per heavy atom. The van der Waals surface area contributed by atoms with Crippen LogP contribution < -0.4 is 5.32 Å². The second-order valence-corrected chi connectivity index (χ2v) is 9.15. The van der Waals surface area contributed by atoms with Crippen LogP contribution in [0.3, 0.4) is 0 Å². The number of benzene rings is 5. The van der Waals surface area contributed by atoms with Gasteiger partial charge in [-0.1, -0.05) is 103 Å². The first-order valence-corrected chi connectivity index (χ1v) is 12.5. The highest BCUT2D eigenvalue weighted by Crippen LogP contribution is 2.44. The van der Waals surface area contributed by atoms with Gasteiger partial charge in [-0.25, -0.2) is 13.5 Å². The Bertz CT molecular complexity index is 1600. The monoisotopic (exact) mass is 501 g/mol. The molecule has 1 heterocycles. The van der Waals surface area contributed by atoms with E-state index in [1.807, 2.05) is 65.3 Å². The number of hydrogen-bond acceptors (Lipinski definition) is 2. The van der Waals surface area contributed by atoms with Crippen LogP contribution in [0, 0.1) is 11.6 Å². The minimum Gasteiger partial charge on any atom is -0.371 e. The average Bonchev–Trinajstić information content (AvgIpc) is 3.33. The van der Waals surface area contributed by atoms with Gasteiger partial charge in [0.1, 0.15) is 17.2 Å². The summed E-state index contributed by atoms with van der Waals surface area (Å²) >= 11 is 0. The molecule has 5 aromatic carbocycles. The van der Waals surface area contributed by atoms with E-state index in [-0.39, 0.29) is 5.56 Å². The Kier molecular flexibility index (Phi) is 5.97. The van der Waals surface area contributed by atoms with Gasteiger partial charge in [-0.3, -0.25) is 0 Å². The molecule has 6 rings (SSSR count). The Balaban J connectivity index is 1.72. The zero-order chi connectivity index (χ0) is 26.1. The number of nitrogens with one attached hydrogen (secondary N) is 1. The first kappa shape index (κ1) is 23.6. The van der Waals surface area contributed by atoms with Crippen LogP contribution in [-0.2, 0) is 5.54 Å². The van der Waals surface area contributed by atoms with Crippen molar-refractivity contribution in [2.24, 2.45) is 0 Å². The van der Waals surface area contributed by atoms with Crippen molar-refractivity contribution in [1.29, 1.82) is 0 Å². The molecular weight excluding hydrogens is 476 g/mol. The molecule has 1 N–H and O–H groups in total. The molecule has 0 bridgehead atoms. The lowest BCUT2D eigenvalue weighted by Crippen LogP contribution is -2.38. The molecule has 6 aromatic rings. The van der Waals surface area contributed by atoms with Gasteiger partial charge in [-0.05, 0) is 46.5 Å². The van der Waals surface area contributed by atoms with Gasteiger partial charge in [-0.15, -0.1) is 0 Å². The van der Waals surface area contributed by atoms with E-state index in [9.17, 15) is 8.78 Å². The first-order valence-electron chi connectivity index (χ1n) is 12.5. The second-order valence-electron chi connectivity index (χ2n) is 9.15. The van der Waals surface area contributed by atoms with Crippen molar-refractivity contribution >= 4 is 16.7 Å². The normalized spacial score (nSPS) is 11.6. The van der Waals surface area contributed by atoms with Crippen LogP contribution in [0.1, 0.15) is 16.7 Å². The third-order valence-corrected chi connectivity index (χ3v) is 7.06. The maximum absolute atomic E-state index is 14.7. The van der Waals surface area contributed by atoms with E-state index >= 15 is 0 Å². The summed E-state index contributed by atoms with van der Waals surface area (Å²) in [5, 5.41) is 9.08. The standard InChI is InChI=1S/C33H25F2N3/c1-36-32-27-22-23(31-28(34)18-11-19-29(31)35)20-21-30(27)38(37-32)33(24-12-5-2-6-13-24,25-14-7-3-8-15-25)26-16-9-4-10-17-26/h2-22H,1H3,(H,36,37). The van der Waals surface area contributed by atoms with E-state index in [0.717, 1.165) is 27.6 Å². The lowest BCUT2D eigenvalue weighted by Gasteiger charge is -2.37. The van der Waals surface area contributed by atoms with Gasteiger partial charge in [-0.2, -0.15) is 5.10 Å². The van der Waals surface area contributed by atoms with Gasteiger partial charge in [0, 0.05) is 12.4 Å². The van der Waals surface area contributed by atoms with Crippen LogP contribution in [0.15, 0.2) is 127 Å². The number of hydrogen-bond donors (Lipinski definition) is 1. The SMILES string of the molecule is CNc1nn(C(c2ccccc2)(c2ccccc2)c2ccccc2)c2ccc(-c3c(F)cccc3F)cc12. The van der Waals surface area contributed by atoms with E-state index in [1.54, 1.807) is 19.2 Å². The molecule has 1 aromatic heterocycles. The van der Waals surface area contributed by atoms with Crippen molar-refractivity contribution in [2.45, 2.75) is 5.54 Å². The summed E-state index contributed by atoms with van der Waals surface area (Å²) in [6, 6.07) is 40.2. The van der Waals surface area contributed by atoms with Gasteiger partial charge in [0.15, 0.2) is 5.82 Å². The average molecular weight is 502 g/mol. The predicted molar refractivity (Wildman–Crippen MR) is 149 cm³/mol. The molecular formula is C33H25F2N3. The molecule has 0 radical (unpaired) electrons. The van der Waals surface area contributed by atoms with Crippen LogP contribution >= 0.6 is 0 Å². The maximum atomic E-state index is 14.7. The third kappa shape index (κ3) is 3.67. The largest absolute Gasteiger partial charge is 0.371 e. The molecule has 0 spiro atoms. The van der Waals surface area contributed by atoms with Crippen LogP contribution in [0.4, 0.5) is 14.6 Å². The molecule has 0 atom stereocenters. The summed E-state index contributed by atoms with van der Waals surface area (Å²) in [5.74, 6) is -0.587. The van der Waals surface area contributed by atoms with E-state index < -0.39 is 17.2 Å². The number of halogens is 2. The fourth-order valence-corrected chi connectivity index (χ4v) is 5.39. The third-order valence-electron chi connectivity index (χ3n) is 7.06. The van der Waals surface area contributed by atoms with Crippen LogP contribution in [-0.4, -0.2) is 16.8 Å². The Hall–Kier alpha value is -4.77. The van der Waals surface area contributed by atoms with Crippen molar-refractivity contribution < 1.29 is 8.78 Å². The summed E-state index contributed by atoms with van der Waals surface area (Å²) in [4.78, 5) is 0. The molecule has 0 unspecified atom stereocenters. The topological polar surface area (TPSA) is 29.9 Å². The lowest BCUT2D eigenvalue weighted by atomic mass is 9.77. The molecule has 0 amide bonds. The van der Waals surface area contributed by atoms with E-state index in [4.69, 9.17) is 5.10 Å². The summed E-state index contributed by atoms with van der Waals surface area (Å²) in [7, 11) is 1.80. The highest BCUT2D eigenvalue weighted by atomic mass is 19.1. The zero-order valence-electron chi connectivity index (χ0n) is 20.8. The molecule has 0 saturated heterocycles. The molecule has 0 fully saturated rings. The summed E-state index contributed by atoms with van der Waals surface area (Å²) in [6.07, 6.45) is 0. The zero-order valence-corrected chi connectivity index (χ0v) is 20.8. The fourth-order valence-electron chi connectivity index (χ4n) is 5.39. The van der Waals surface area contributed by atoms with Crippen LogP contribution in [0.5, 0.6) is 0 Å². The van der Waals surface area contributed by atoms with Crippen molar-refractivity contribution in [3.05, 3.63) is 156 Å². The summed E-state index contributed by atoms with van der Waals surface area (Å²) in [6.45, 7) is 0. The predicted octanol–water partition coefficient (Wildman–Crippen LogP) is 7.86. The molecule has 0 aliphatic heterocycles. The van der Waals surface area contributed by atoms with Gasteiger partial charge >= 0.3 is 0 Å². The van der Waals surface area contributed by atoms with E-state index in [1.165, 1.54) is 18.2 Å². The highest BCUT2D eigenvalue weighted by molar-refractivity contribution is 5.94. The minimum atomic E-state index is -0.818. The number of rotatable bonds is 6. The van der Waals surface area contributed by atoms with Crippen LogP contribution in [0.25, 0.3) is 22.0 Å². The van der Waals surface area contributed by atoms with Gasteiger partial charge in [0.2, 0.25) is 0 Å². The van der Waals surface area contributed by atoms with Gasteiger partial charge in [0.05, 0.1) is 11.1 Å². The van der Waals surface area contributed by atoms with Gasteiger partial charge < -0.3 is 5.32 Å². The number of fused-ring (bicyclic) bond motifs is 1. The highest BCUT2D eigenvalue weighted by Gasteiger charge is 2.40. The molecule has 5 heteroatoms. The number of nitrogens with zero attached hydrogens (tertiary/aromatic N) is 2. The fraction of sp³-hybridized carbons (Fsp3) is 0.0606. The van der Waals surface area contributed by atoms with Crippen LogP contribution in [0.2, 0.25) is 0 Å². The second kappa shape index (κ2) is 9.60. The molecule has 0 aliphatic carbocycles. The Morgan fingerprint density at radius 3 is 1.61 bits per heavy atom. The number of aromatic nitrogens is 2. The smallest absolute Gasteiger partial charge is 0.155 e. The quantitative estimate of drug-likeness (QED) is 0.235. The summed E-state index contributed by atoms with van der Waals surface area (Å²) in [5.41, 5.74) is 3.52. The van der Waals surface area contributed by atoms with Crippen molar-refractivity contribution in [1.82, 2.24) is 9.78 Å². The Labute approximate surface area is 220 Å². The molecule has 3 nitrogen and oxygen atoms in total. The van der Waals surface area contributed by atoms with Crippen molar-refractivity contribution in [3.63, 3.8) is 0 Å². The minimum absolute atomic E-state index is 0.0513. The molecule has 0 aliphatic rings. The first-order chi connectivity index (χ1) is 18.6. The molecule has 0 saturated carbocycles. The van der Waals surface area contributed by atoms with Crippen molar-refractivity contribution in [3.8, 4) is 11.1 Å². The lowest BCUT2D eigenvalue weighted by molar-refractivity contribution is 0.477. The van der Waals surface area contributed by atoms with Crippen molar-refractivity contribution in [2.75, 3.05) is 12.4 Å². The Morgan fingerprint density at radius 2 is 1.13 bits per heavy atom. The molecule has 38 heavy (non-hydrogen) atoms. The molecule has 186 valence electrons. The van der Waals surface area contributed by atoms with E-state index in [0.29, 0.717) is 11.4 Å². The maximum Gasteiger partial charge on any atom is 0.155 e. The summed E-state index contributed by atoms with van der Waals surface area (Å²) < 4.78 is 31.4. The number of anilines is 1. The van der Waals surface area contributed by atoms with Gasteiger partial charge in [0.25, 0.3) is 0 Å². The van der Waals surface area contributed by atoms with E-state index in [2.05, 4.69) is 41.7 Å².